The van der Waals surface area contributed by atoms with E-state index in [1.807, 2.05) is 6.07 Å². The number of nitrogens with zero attached hydrogens (tertiary/aromatic N) is 3. The van der Waals surface area contributed by atoms with E-state index >= 15 is 0 Å². The summed E-state index contributed by atoms with van der Waals surface area (Å²) in [6.07, 6.45) is 3.78. The van der Waals surface area contributed by atoms with Gasteiger partial charge in [-0.25, -0.2) is 0 Å². The van der Waals surface area contributed by atoms with Gasteiger partial charge in [0.05, 0.1) is 5.71 Å². The Morgan fingerprint density at radius 3 is 2.54 bits per heavy atom. The Kier molecular flexibility index (Phi) is 5.40. The van der Waals surface area contributed by atoms with Gasteiger partial charge in [0, 0.05) is 43.6 Å². The Morgan fingerprint density at radius 2 is 1.79 bits per heavy atom. The maximum absolute atomic E-state index is 5.70. The summed E-state index contributed by atoms with van der Waals surface area (Å²) in [7, 11) is 0. The van der Waals surface area contributed by atoms with Crippen molar-refractivity contribution < 1.29 is 4.84 Å². The van der Waals surface area contributed by atoms with Gasteiger partial charge in [-0.2, -0.15) is 11.8 Å². The van der Waals surface area contributed by atoms with Crippen molar-refractivity contribution in [3.8, 4) is 0 Å². The molecule has 0 spiro atoms. The summed E-state index contributed by atoms with van der Waals surface area (Å²) < 4.78 is 0. The predicted octanol–water partition coefficient (Wildman–Crippen LogP) is 2.69. The molecule has 0 N–H and O–H groups in total. The first-order chi connectivity index (χ1) is 11.9. The lowest BCUT2D eigenvalue weighted by Gasteiger charge is -2.40. The normalized spacial score (nSPS) is 27.0. The van der Waals surface area contributed by atoms with Crippen LogP contribution in [0.15, 0.2) is 35.5 Å². The third kappa shape index (κ3) is 3.95. The minimum Gasteiger partial charge on any atom is -0.390 e. The lowest BCUT2D eigenvalue weighted by Crippen LogP contribution is -2.48. The largest absolute Gasteiger partial charge is 0.390 e. The first-order valence-electron chi connectivity index (χ1n) is 9.21. The van der Waals surface area contributed by atoms with Gasteiger partial charge in [-0.15, -0.1) is 0 Å². The molecule has 4 rings (SSSR count). The molecule has 1 atom stereocenters. The van der Waals surface area contributed by atoms with Crippen LogP contribution in [0.4, 0.5) is 0 Å². The molecule has 1 aromatic carbocycles. The Labute approximate surface area is 149 Å². The number of likely N-dealkylation sites (tertiary alicyclic amines) is 1. The Balaban J connectivity index is 1.22. The molecule has 0 saturated carbocycles. The zero-order chi connectivity index (χ0) is 16.2. The highest BCUT2D eigenvalue weighted by atomic mass is 32.2. The summed E-state index contributed by atoms with van der Waals surface area (Å²) in [5.41, 5.74) is 2.29. The standard InChI is InChI=1S/C19H27N3OS/c1-2-4-16(5-3-1)19-14-18(23-20-19)15-21-8-6-17(7-9-21)22-10-12-24-13-11-22/h1-5,17-18H,6-15H2/t18-/m1/s1. The number of thioether (sulfide) groups is 1. The first-order valence-corrected chi connectivity index (χ1v) is 10.4. The fraction of sp³-hybridized carbons (Fsp3) is 0.632. The van der Waals surface area contributed by atoms with Gasteiger partial charge < -0.3 is 4.84 Å². The highest BCUT2D eigenvalue weighted by molar-refractivity contribution is 7.99. The van der Waals surface area contributed by atoms with Crippen molar-refractivity contribution in [3.05, 3.63) is 35.9 Å². The van der Waals surface area contributed by atoms with Crippen molar-refractivity contribution >= 4 is 17.5 Å². The highest BCUT2D eigenvalue weighted by Crippen LogP contribution is 2.23. The molecular formula is C19H27N3OS. The van der Waals surface area contributed by atoms with E-state index < -0.39 is 0 Å². The lowest BCUT2D eigenvalue weighted by molar-refractivity contribution is 0.0350. The van der Waals surface area contributed by atoms with Crippen LogP contribution in [0.25, 0.3) is 0 Å². The van der Waals surface area contributed by atoms with E-state index in [1.54, 1.807) is 0 Å². The van der Waals surface area contributed by atoms with Crippen LogP contribution in [0.5, 0.6) is 0 Å². The molecule has 0 radical (unpaired) electrons. The third-order valence-electron chi connectivity index (χ3n) is 5.42. The fourth-order valence-corrected chi connectivity index (χ4v) is 4.96. The number of hydrogen-bond donors (Lipinski definition) is 0. The number of hydrogen-bond acceptors (Lipinski definition) is 5. The number of rotatable bonds is 4. The molecule has 0 bridgehead atoms. The van der Waals surface area contributed by atoms with E-state index in [0.29, 0.717) is 0 Å². The van der Waals surface area contributed by atoms with Crippen LogP contribution in [-0.2, 0) is 4.84 Å². The number of piperidine rings is 1. The van der Waals surface area contributed by atoms with Gasteiger partial charge in [0.25, 0.3) is 0 Å². The molecule has 4 nitrogen and oxygen atoms in total. The summed E-state index contributed by atoms with van der Waals surface area (Å²) >= 11 is 2.10. The van der Waals surface area contributed by atoms with Gasteiger partial charge in [-0.1, -0.05) is 35.5 Å². The molecule has 3 aliphatic heterocycles. The van der Waals surface area contributed by atoms with Gasteiger partial charge >= 0.3 is 0 Å². The van der Waals surface area contributed by atoms with E-state index in [2.05, 4.69) is 51.0 Å². The van der Waals surface area contributed by atoms with Crippen LogP contribution in [0.3, 0.4) is 0 Å². The van der Waals surface area contributed by atoms with Crippen LogP contribution in [0, 0.1) is 0 Å². The molecule has 1 aromatic rings. The fourth-order valence-electron chi connectivity index (χ4n) is 4.02. The van der Waals surface area contributed by atoms with Gasteiger partial charge in [-0.3, -0.25) is 9.80 Å². The molecule has 0 unspecified atom stereocenters. The smallest absolute Gasteiger partial charge is 0.145 e. The van der Waals surface area contributed by atoms with Gasteiger partial charge in [-0.05, 0) is 31.5 Å². The molecule has 0 aromatic heterocycles. The first kappa shape index (κ1) is 16.4. The number of benzene rings is 1. The van der Waals surface area contributed by atoms with Crippen LogP contribution in [-0.4, -0.2) is 71.9 Å². The average Bonchev–Trinajstić information content (AvgIpc) is 3.12. The zero-order valence-electron chi connectivity index (χ0n) is 14.3. The topological polar surface area (TPSA) is 28.1 Å². The van der Waals surface area contributed by atoms with E-state index in [-0.39, 0.29) is 6.10 Å². The van der Waals surface area contributed by atoms with Crippen molar-refractivity contribution in [2.45, 2.75) is 31.4 Å². The minimum absolute atomic E-state index is 0.225. The molecule has 3 heterocycles. The molecule has 0 aliphatic carbocycles. The van der Waals surface area contributed by atoms with Crippen molar-refractivity contribution in [3.63, 3.8) is 0 Å². The summed E-state index contributed by atoms with van der Waals surface area (Å²) in [4.78, 5) is 11.0. The van der Waals surface area contributed by atoms with Crippen molar-refractivity contribution in [2.24, 2.45) is 5.16 Å². The minimum atomic E-state index is 0.225. The molecule has 5 heteroatoms. The number of oxime groups is 1. The maximum Gasteiger partial charge on any atom is 0.145 e. The maximum atomic E-state index is 5.70. The summed E-state index contributed by atoms with van der Waals surface area (Å²) in [5, 5.41) is 4.32. The molecule has 2 saturated heterocycles. The third-order valence-corrected chi connectivity index (χ3v) is 6.36. The van der Waals surface area contributed by atoms with Crippen LogP contribution in [0.1, 0.15) is 24.8 Å². The molecule has 0 amide bonds. The molecule has 3 aliphatic rings. The van der Waals surface area contributed by atoms with Crippen molar-refractivity contribution in [2.75, 3.05) is 44.2 Å². The second-order valence-electron chi connectivity index (χ2n) is 7.02. The monoisotopic (exact) mass is 345 g/mol. The van der Waals surface area contributed by atoms with Gasteiger partial charge in [0.1, 0.15) is 6.10 Å². The van der Waals surface area contributed by atoms with Crippen LogP contribution in [0.2, 0.25) is 0 Å². The zero-order valence-corrected chi connectivity index (χ0v) is 15.1. The summed E-state index contributed by atoms with van der Waals surface area (Å²) in [5.74, 6) is 2.63. The van der Waals surface area contributed by atoms with E-state index in [0.717, 1.165) is 24.7 Å². The van der Waals surface area contributed by atoms with Crippen molar-refractivity contribution in [1.82, 2.24) is 9.80 Å². The lowest BCUT2D eigenvalue weighted by atomic mass is 10.0. The second-order valence-corrected chi connectivity index (χ2v) is 8.24. The predicted molar refractivity (Wildman–Crippen MR) is 101 cm³/mol. The van der Waals surface area contributed by atoms with Crippen molar-refractivity contribution in [1.29, 1.82) is 0 Å². The Morgan fingerprint density at radius 1 is 1.04 bits per heavy atom. The summed E-state index contributed by atoms with van der Waals surface area (Å²) in [6, 6.07) is 11.2. The van der Waals surface area contributed by atoms with E-state index in [4.69, 9.17) is 4.84 Å². The molecule has 24 heavy (non-hydrogen) atoms. The SMILES string of the molecule is c1ccc(C2=NO[C@@H](CN3CCC(N4CCSCC4)CC3)C2)cc1. The summed E-state index contributed by atoms with van der Waals surface area (Å²) in [6.45, 7) is 6.00. The molecule has 130 valence electrons. The van der Waals surface area contributed by atoms with E-state index in [1.165, 1.54) is 56.1 Å². The Hall–Kier alpha value is -1.04. The second kappa shape index (κ2) is 7.89. The molecular weight excluding hydrogens is 318 g/mol. The quantitative estimate of drug-likeness (QED) is 0.839. The van der Waals surface area contributed by atoms with E-state index in [9.17, 15) is 0 Å². The van der Waals surface area contributed by atoms with Gasteiger partial charge in [0.2, 0.25) is 0 Å². The Bertz CT molecular complexity index is 551. The van der Waals surface area contributed by atoms with Gasteiger partial charge in [0.15, 0.2) is 0 Å². The van der Waals surface area contributed by atoms with Crippen LogP contribution >= 0.6 is 11.8 Å². The molecule has 2 fully saturated rings. The highest BCUT2D eigenvalue weighted by Gasteiger charge is 2.29. The van der Waals surface area contributed by atoms with Crippen LogP contribution < -0.4 is 0 Å². The average molecular weight is 346 g/mol.